The summed E-state index contributed by atoms with van der Waals surface area (Å²) >= 11 is 0. The fraction of sp³-hybridized carbons (Fsp3) is 0.789. The van der Waals surface area contributed by atoms with Crippen LogP contribution in [0.25, 0.3) is 0 Å². The van der Waals surface area contributed by atoms with E-state index in [-0.39, 0.29) is 43.1 Å². The normalized spacial score (nSPS) is 29.8. The molecule has 156 valence electrons. The monoisotopic (exact) mass is 395 g/mol. The van der Waals surface area contributed by atoms with Crippen LogP contribution in [0.15, 0.2) is 0 Å². The van der Waals surface area contributed by atoms with E-state index in [2.05, 4.69) is 4.90 Å². The molecule has 9 nitrogen and oxygen atoms in total. The lowest BCUT2D eigenvalue weighted by Crippen LogP contribution is -2.64. The number of carbonyl (C=O) groups excluding carboxylic acids is 3. The standard InChI is InChI=1S/C19H30N4O5/c1-14(24)23-8-3-4-15(23)18(28)22-11-10-20(2)19(13-22)6-5-16(25)21(9-7-19)12-17(26)27/h15H,3-13H2,1-2H3,(H,26,27)/t15-,19?/m0/s1/i1D. The van der Waals surface area contributed by atoms with Gasteiger partial charge in [-0.3, -0.25) is 24.1 Å². The van der Waals surface area contributed by atoms with Gasteiger partial charge in [-0.05, 0) is 32.7 Å². The minimum Gasteiger partial charge on any atom is -0.480 e. The van der Waals surface area contributed by atoms with E-state index in [1.807, 2.05) is 7.05 Å². The van der Waals surface area contributed by atoms with Crippen molar-refractivity contribution in [2.45, 2.75) is 50.6 Å². The van der Waals surface area contributed by atoms with Crippen LogP contribution in [0.2, 0.25) is 0 Å². The molecule has 3 heterocycles. The van der Waals surface area contributed by atoms with Crippen molar-refractivity contribution in [2.75, 3.05) is 46.3 Å². The maximum absolute atomic E-state index is 13.2. The van der Waals surface area contributed by atoms with Crippen molar-refractivity contribution in [2.24, 2.45) is 0 Å². The van der Waals surface area contributed by atoms with Crippen LogP contribution >= 0.6 is 0 Å². The first-order valence-corrected chi connectivity index (χ1v) is 9.86. The van der Waals surface area contributed by atoms with Gasteiger partial charge in [0.2, 0.25) is 17.7 Å². The van der Waals surface area contributed by atoms with Crippen molar-refractivity contribution in [3.63, 3.8) is 0 Å². The smallest absolute Gasteiger partial charge is 0.323 e. The summed E-state index contributed by atoms with van der Waals surface area (Å²) in [6, 6.07) is -0.496. The summed E-state index contributed by atoms with van der Waals surface area (Å²) in [5, 5.41) is 9.05. The molecule has 9 heteroatoms. The predicted molar refractivity (Wildman–Crippen MR) is 100 cm³/mol. The van der Waals surface area contributed by atoms with Gasteiger partial charge in [-0.2, -0.15) is 0 Å². The Hall–Kier alpha value is -2.16. The van der Waals surface area contributed by atoms with Gasteiger partial charge < -0.3 is 19.8 Å². The highest BCUT2D eigenvalue weighted by Gasteiger charge is 2.45. The highest BCUT2D eigenvalue weighted by molar-refractivity contribution is 5.87. The third kappa shape index (κ3) is 3.99. The third-order valence-electron chi connectivity index (χ3n) is 6.50. The van der Waals surface area contributed by atoms with Crippen LogP contribution < -0.4 is 0 Å². The van der Waals surface area contributed by atoms with Gasteiger partial charge in [-0.25, -0.2) is 0 Å². The summed E-state index contributed by atoms with van der Waals surface area (Å²) in [6.07, 6.45) is 2.82. The number of hydrogen-bond donors (Lipinski definition) is 1. The molecule has 1 unspecified atom stereocenters. The van der Waals surface area contributed by atoms with Crippen LogP contribution in [0.5, 0.6) is 0 Å². The van der Waals surface area contributed by atoms with Crippen molar-refractivity contribution in [3.8, 4) is 0 Å². The number of rotatable bonds is 3. The van der Waals surface area contributed by atoms with Crippen LogP contribution in [-0.4, -0.2) is 106 Å². The molecule has 3 aliphatic heterocycles. The number of carboxylic acid groups (broad SMARTS) is 1. The lowest BCUT2D eigenvalue weighted by Gasteiger charge is -2.50. The molecule has 3 saturated heterocycles. The Morgan fingerprint density at radius 3 is 2.71 bits per heavy atom. The average Bonchev–Trinajstić information content (AvgIpc) is 3.14. The van der Waals surface area contributed by atoms with Crippen molar-refractivity contribution >= 4 is 23.7 Å². The zero-order valence-corrected chi connectivity index (χ0v) is 16.4. The van der Waals surface area contributed by atoms with Gasteiger partial charge in [0.25, 0.3) is 0 Å². The van der Waals surface area contributed by atoms with Crippen molar-refractivity contribution in [3.05, 3.63) is 0 Å². The number of amides is 3. The maximum atomic E-state index is 13.2. The summed E-state index contributed by atoms with van der Waals surface area (Å²) < 4.78 is 7.34. The Morgan fingerprint density at radius 2 is 2.00 bits per heavy atom. The van der Waals surface area contributed by atoms with Crippen molar-refractivity contribution < 1.29 is 25.7 Å². The molecule has 0 aromatic carbocycles. The number of nitrogens with zero attached hydrogens (tertiary/aromatic N) is 4. The number of aliphatic carboxylic acids is 1. The lowest BCUT2D eigenvalue weighted by molar-refractivity contribution is -0.146. The molecule has 3 aliphatic rings. The molecule has 28 heavy (non-hydrogen) atoms. The lowest BCUT2D eigenvalue weighted by atomic mass is 9.86. The van der Waals surface area contributed by atoms with Gasteiger partial charge in [0.05, 0.1) is 0 Å². The molecule has 3 fully saturated rings. The highest BCUT2D eigenvalue weighted by atomic mass is 16.4. The largest absolute Gasteiger partial charge is 0.480 e. The van der Waals surface area contributed by atoms with E-state index in [1.165, 1.54) is 9.80 Å². The molecule has 0 aromatic heterocycles. The number of likely N-dealkylation sites (tertiary alicyclic amines) is 2. The van der Waals surface area contributed by atoms with Gasteiger partial charge in [0.1, 0.15) is 12.6 Å². The van der Waals surface area contributed by atoms with Gasteiger partial charge in [-0.15, -0.1) is 0 Å². The molecule has 3 amide bonds. The second-order valence-electron chi connectivity index (χ2n) is 8.11. The molecule has 3 rings (SSSR count). The van der Waals surface area contributed by atoms with E-state index < -0.39 is 12.0 Å². The van der Waals surface area contributed by atoms with E-state index in [4.69, 9.17) is 6.48 Å². The zero-order valence-electron chi connectivity index (χ0n) is 17.4. The van der Waals surface area contributed by atoms with Crippen molar-refractivity contribution in [1.29, 1.82) is 0 Å². The molecule has 0 bridgehead atoms. The van der Waals surface area contributed by atoms with Gasteiger partial charge in [-0.1, -0.05) is 0 Å². The first kappa shape index (κ1) is 19.2. The van der Waals surface area contributed by atoms with E-state index in [0.29, 0.717) is 52.0 Å². The number of carbonyl (C=O) groups is 4. The summed E-state index contributed by atoms with van der Waals surface area (Å²) in [6.45, 7) is 1.92. The van der Waals surface area contributed by atoms with Crippen LogP contribution in [0.1, 0.15) is 40.4 Å². The van der Waals surface area contributed by atoms with Gasteiger partial charge in [0, 0.05) is 53.0 Å². The van der Waals surface area contributed by atoms with Crippen LogP contribution in [0.3, 0.4) is 0 Å². The molecule has 0 aliphatic carbocycles. The Morgan fingerprint density at radius 1 is 1.21 bits per heavy atom. The number of piperazine rings is 1. The second-order valence-corrected chi connectivity index (χ2v) is 8.11. The van der Waals surface area contributed by atoms with E-state index in [1.54, 1.807) is 4.90 Å². The van der Waals surface area contributed by atoms with Crippen molar-refractivity contribution in [1.82, 2.24) is 19.6 Å². The van der Waals surface area contributed by atoms with E-state index in [0.717, 1.165) is 6.42 Å². The predicted octanol–water partition coefficient (Wildman–Crippen LogP) is -0.393. The summed E-state index contributed by atoms with van der Waals surface area (Å²) in [5.74, 6) is -1.57. The van der Waals surface area contributed by atoms with E-state index >= 15 is 0 Å². The Bertz CT molecular complexity index is 690. The maximum Gasteiger partial charge on any atom is 0.323 e. The second kappa shape index (κ2) is 8.06. The topological polar surface area (TPSA) is 101 Å². The minimum atomic E-state index is -1.02. The first-order chi connectivity index (χ1) is 13.8. The molecule has 0 aromatic rings. The summed E-state index contributed by atoms with van der Waals surface area (Å²) in [5.41, 5.74) is -0.375. The Labute approximate surface area is 166 Å². The Balaban J connectivity index is 1.73. The molecule has 0 radical (unpaired) electrons. The third-order valence-corrected chi connectivity index (χ3v) is 6.50. The SMILES string of the molecule is [2H]CC(=O)N1CCC[C@H]1C(=O)N1CCN(C)C2(CCC(=O)N(CC(=O)O)CC2)C1. The number of likely N-dealkylation sites (N-methyl/N-ethyl adjacent to an activating group) is 1. The molecule has 1 N–H and O–H groups in total. The summed E-state index contributed by atoms with van der Waals surface area (Å²) in [4.78, 5) is 55.6. The Kier molecular flexibility index (Phi) is 5.52. The van der Waals surface area contributed by atoms with Gasteiger partial charge in [0.15, 0.2) is 0 Å². The average molecular weight is 395 g/mol. The van der Waals surface area contributed by atoms with Gasteiger partial charge >= 0.3 is 5.97 Å². The molecule has 2 atom stereocenters. The molecule has 1 spiro atoms. The zero-order chi connectivity index (χ0) is 21.2. The molecule has 0 saturated carbocycles. The fourth-order valence-corrected chi connectivity index (χ4v) is 4.74. The molecular weight excluding hydrogens is 364 g/mol. The summed E-state index contributed by atoms with van der Waals surface area (Å²) in [7, 11) is 1.99. The molecular formula is C19H30N4O5. The number of carboxylic acids is 1. The van der Waals surface area contributed by atoms with Crippen LogP contribution in [0, 0.1) is 0 Å². The highest BCUT2D eigenvalue weighted by Crippen LogP contribution is 2.33. The van der Waals surface area contributed by atoms with Crippen LogP contribution in [-0.2, 0) is 19.2 Å². The minimum absolute atomic E-state index is 0.0743. The van der Waals surface area contributed by atoms with E-state index in [9.17, 15) is 19.2 Å². The first-order valence-electron chi connectivity index (χ1n) is 10.6. The number of hydrogen-bond acceptors (Lipinski definition) is 5. The van der Waals surface area contributed by atoms with Crippen LogP contribution in [0.4, 0.5) is 0 Å². The quantitative estimate of drug-likeness (QED) is 0.698. The fourth-order valence-electron chi connectivity index (χ4n) is 4.74.